The maximum atomic E-state index is 13.3. The molecule has 0 N–H and O–H groups in total. The molecule has 0 radical (unpaired) electrons. The number of fused-ring (bicyclic) bond motifs is 6. The fourth-order valence-electron chi connectivity index (χ4n) is 4.15. The maximum absolute atomic E-state index is 13.3. The van der Waals surface area contributed by atoms with E-state index in [9.17, 15) is 9.59 Å². The van der Waals surface area contributed by atoms with Gasteiger partial charge in [0.1, 0.15) is 6.04 Å². The lowest BCUT2D eigenvalue weighted by molar-refractivity contribution is -0.139. The number of carbonyl (C=O) groups is 2. The first kappa shape index (κ1) is 15.1. The van der Waals surface area contributed by atoms with Crippen molar-refractivity contribution >= 4 is 22.7 Å². The van der Waals surface area contributed by atoms with Gasteiger partial charge in [-0.2, -0.15) is 0 Å². The van der Waals surface area contributed by atoms with Crippen LogP contribution in [0.25, 0.3) is 10.9 Å². The standard InChI is InChI=1S/C19H20N2O3/c1-4-24-19(23)12-9-10-14-17-15(18(22)16(12)21(14)3)11-7-5-6-8-13(11)20(17)2/h5-9,14,16H,4,10H2,1-3H3/t14-,16+/m0/s1. The summed E-state index contributed by atoms with van der Waals surface area (Å²) in [5.41, 5.74) is 3.32. The average Bonchev–Trinajstić information content (AvgIpc) is 2.86. The predicted octanol–water partition coefficient (Wildman–Crippen LogP) is 2.61. The fourth-order valence-corrected chi connectivity index (χ4v) is 4.15. The van der Waals surface area contributed by atoms with Crippen molar-refractivity contribution in [2.45, 2.75) is 25.4 Å². The summed E-state index contributed by atoms with van der Waals surface area (Å²) >= 11 is 0. The molecule has 0 saturated heterocycles. The minimum atomic E-state index is -0.555. The summed E-state index contributed by atoms with van der Waals surface area (Å²) in [6.45, 7) is 2.09. The molecule has 1 aromatic carbocycles. The van der Waals surface area contributed by atoms with E-state index >= 15 is 0 Å². The number of esters is 1. The Hall–Kier alpha value is -2.40. The van der Waals surface area contributed by atoms with E-state index in [0.29, 0.717) is 18.6 Å². The number of para-hydroxylation sites is 1. The molecular weight excluding hydrogens is 304 g/mol. The van der Waals surface area contributed by atoms with Gasteiger partial charge in [-0.15, -0.1) is 0 Å². The molecule has 0 saturated carbocycles. The van der Waals surface area contributed by atoms with E-state index in [1.807, 2.05) is 49.3 Å². The number of ketones is 1. The molecule has 0 fully saturated rings. The van der Waals surface area contributed by atoms with Crippen LogP contribution in [0.3, 0.4) is 0 Å². The van der Waals surface area contributed by atoms with Gasteiger partial charge in [0.05, 0.1) is 23.8 Å². The second-order valence-electron chi connectivity index (χ2n) is 6.40. The number of ether oxygens (including phenoxy) is 1. The predicted molar refractivity (Wildman–Crippen MR) is 90.9 cm³/mol. The Labute approximate surface area is 140 Å². The van der Waals surface area contributed by atoms with Crippen LogP contribution in [-0.2, 0) is 16.6 Å². The SMILES string of the molecule is CCOC(=O)C1=CC[C@H]2c3c(c4ccccc4n3C)C(=O)[C@@H]1N2C. The van der Waals surface area contributed by atoms with Crippen LogP contribution in [-0.4, -0.2) is 40.9 Å². The van der Waals surface area contributed by atoms with Crippen LogP contribution in [0.15, 0.2) is 35.9 Å². The van der Waals surface area contributed by atoms with E-state index in [2.05, 4.69) is 4.57 Å². The maximum Gasteiger partial charge on any atom is 0.335 e. The van der Waals surface area contributed by atoms with Crippen LogP contribution < -0.4 is 0 Å². The van der Waals surface area contributed by atoms with Crippen LogP contribution in [0.1, 0.15) is 35.4 Å². The number of hydrogen-bond acceptors (Lipinski definition) is 4. The van der Waals surface area contributed by atoms with Gasteiger partial charge in [0.2, 0.25) is 0 Å². The highest BCUT2D eigenvalue weighted by atomic mass is 16.5. The molecule has 0 aliphatic carbocycles. The average molecular weight is 324 g/mol. The third kappa shape index (κ3) is 1.85. The van der Waals surface area contributed by atoms with Gasteiger partial charge in [0.25, 0.3) is 0 Å². The lowest BCUT2D eigenvalue weighted by Gasteiger charge is -2.42. The third-order valence-electron chi connectivity index (χ3n) is 5.23. The van der Waals surface area contributed by atoms with Crippen molar-refractivity contribution in [1.82, 2.24) is 9.47 Å². The van der Waals surface area contributed by atoms with E-state index in [0.717, 1.165) is 22.2 Å². The summed E-state index contributed by atoms with van der Waals surface area (Å²) in [6.07, 6.45) is 2.58. The summed E-state index contributed by atoms with van der Waals surface area (Å²) in [7, 11) is 3.92. The van der Waals surface area contributed by atoms with Crippen molar-refractivity contribution in [1.29, 1.82) is 0 Å². The number of aromatic nitrogens is 1. The van der Waals surface area contributed by atoms with Gasteiger partial charge < -0.3 is 9.30 Å². The molecule has 2 aliphatic rings. The van der Waals surface area contributed by atoms with Crippen molar-refractivity contribution in [3.05, 3.63) is 47.2 Å². The summed E-state index contributed by atoms with van der Waals surface area (Å²) in [6, 6.07) is 7.49. The largest absolute Gasteiger partial charge is 0.463 e. The Balaban J connectivity index is 1.92. The van der Waals surface area contributed by atoms with Crippen molar-refractivity contribution in [3.8, 4) is 0 Å². The van der Waals surface area contributed by atoms with Crippen LogP contribution in [0.2, 0.25) is 0 Å². The quantitative estimate of drug-likeness (QED) is 0.797. The Kier molecular flexibility index (Phi) is 3.35. The zero-order valence-corrected chi connectivity index (χ0v) is 14.1. The van der Waals surface area contributed by atoms with Crippen LogP contribution in [0, 0.1) is 0 Å². The van der Waals surface area contributed by atoms with Gasteiger partial charge >= 0.3 is 5.97 Å². The molecule has 0 unspecified atom stereocenters. The minimum absolute atomic E-state index is 0.0143. The van der Waals surface area contributed by atoms with Gasteiger partial charge in [0.15, 0.2) is 5.78 Å². The molecule has 2 atom stereocenters. The molecule has 1 aromatic heterocycles. The van der Waals surface area contributed by atoms with Gasteiger partial charge in [-0.1, -0.05) is 24.3 Å². The monoisotopic (exact) mass is 324 g/mol. The first-order chi connectivity index (χ1) is 11.6. The number of aryl methyl sites for hydroxylation is 1. The van der Waals surface area contributed by atoms with Crippen molar-refractivity contribution < 1.29 is 14.3 Å². The summed E-state index contributed by atoms with van der Waals surface area (Å²) in [4.78, 5) is 27.6. The van der Waals surface area contributed by atoms with Crippen LogP contribution >= 0.6 is 0 Å². The number of likely N-dealkylation sites (N-methyl/N-ethyl adjacent to an activating group) is 1. The number of nitrogens with zero attached hydrogens (tertiary/aromatic N) is 2. The summed E-state index contributed by atoms with van der Waals surface area (Å²) < 4.78 is 7.27. The Morgan fingerprint density at radius 2 is 2.04 bits per heavy atom. The molecule has 3 heterocycles. The van der Waals surface area contributed by atoms with Gasteiger partial charge in [-0.25, -0.2) is 4.79 Å². The molecular formula is C19H20N2O3. The highest BCUT2D eigenvalue weighted by Gasteiger charge is 2.46. The van der Waals surface area contributed by atoms with E-state index in [1.165, 1.54) is 0 Å². The Bertz CT molecular complexity index is 893. The van der Waals surface area contributed by atoms with Crippen molar-refractivity contribution in [2.75, 3.05) is 13.7 Å². The Morgan fingerprint density at radius 1 is 1.29 bits per heavy atom. The van der Waals surface area contributed by atoms with E-state index in [4.69, 9.17) is 4.74 Å². The lowest BCUT2D eigenvalue weighted by atomic mass is 9.81. The topological polar surface area (TPSA) is 51.5 Å². The molecule has 2 aromatic rings. The molecule has 24 heavy (non-hydrogen) atoms. The highest BCUT2D eigenvalue weighted by molar-refractivity contribution is 6.16. The highest BCUT2D eigenvalue weighted by Crippen LogP contribution is 2.44. The van der Waals surface area contributed by atoms with E-state index < -0.39 is 6.04 Å². The van der Waals surface area contributed by atoms with Crippen LogP contribution in [0.5, 0.6) is 0 Å². The van der Waals surface area contributed by atoms with Gasteiger partial charge in [0, 0.05) is 23.6 Å². The number of rotatable bonds is 2. The fraction of sp³-hybridized carbons (Fsp3) is 0.368. The van der Waals surface area contributed by atoms with Crippen molar-refractivity contribution in [2.24, 2.45) is 7.05 Å². The van der Waals surface area contributed by atoms with Crippen molar-refractivity contribution in [3.63, 3.8) is 0 Å². The van der Waals surface area contributed by atoms with E-state index in [-0.39, 0.29) is 17.8 Å². The Morgan fingerprint density at radius 3 is 2.79 bits per heavy atom. The van der Waals surface area contributed by atoms with E-state index in [1.54, 1.807) is 6.92 Å². The second-order valence-corrected chi connectivity index (χ2v) is 6.40. The first-order valence-corrected chi connectivity index (χ1v) is 8.26. The molecule has 0 amide bonds. The zero-order chi connectivity index (χ0) is 17.0. The van der Waals surface area contributed by atoms with Gasteiger partial charge in [-0.3, -0.25) is 9.69 Å². The second kappa shape index (κ2) is 5.31. The number of hydrogen-bond donors (Lipinski definition) is 0. The number of carbonyl (C=O) groups excluding carboxylic acids is 2. The molecule has 2 bridgehead atoms. The molecule has 0 spiro atoms. The third-order valence-corrected chi connectivity index (χ3v) is 5.23. The molecule has 2 aliphatic heterocycles. The minimum Gasteiger partial charge on any atom is -0.463 e. The normalized spacial score (nSPS) is 23.1. The smallest absolute Gasteiger partial charge is 0.335 e. The van der Waals surface area contributed by atoms with Crippen LogP contribution in [0.4, 0.5) is 0 Å². The number of Topliss-reactive ketones (excluding diaryl/α,β-unsaturated/α-hetero) is 1. The molecule has 5 heteroatoms. The number of benzene rings is 1. The zero-order valence-electron chi connectivity index (χ0n) is 14.1. The summed E-state index contributed by atoms with van der Waals surface area (Å²) in [5, 5.41) is 0.966. The first-order valence-electron chi connectivity index (χ1n) is 8.26. The molecule has 5 nitrogen and oxygen atoms in total. The summed E-state index contributed by atoms with van der Waals surface area (Å²) in [5.74, 6) is -0.399. The molecule has 4 rings (SSSR count). The lowest BCUT2D eigenvalue weighted by Crippen LogP contribution is -2.50. The molecule has 124 valence electrons. The van der Waals surface area contributed by atoms with Gasteiger partial charge in [-0.05, 0) is 26.5 Å².